The topological polar surface area (TPSA) is 72.9 Å². The summed E-state index contributed by atoms with van der Waals surface area (Å²) in [6.45, 7) is 2.17. The van der Waals surface area contributed by atoms with Crippen LogP contribution < -0.4 is 18.5 Å². The van der Waals surface area contributed by atoms with Gasteiger partial charge in [0.1, 0.15) is 23.9 Å². The third-order valence-corrected chi connectivity index (χ3v) is 7.04. The Labute approximate surface area is 219 Å². The van der Waals surface area contributed by atoms with E-state index < -0.39 is 0 Å². The number of carbonyl (C=O) groups excluding carboxylic acids is 1. The van der Waals surface area contributed by atoms with Crippen LogP contribution in [0.25, 0.3) is 10.8 Å². The summed E-state index contributed by atoms with van der Waals surface area (Å²) < 4.78 is 21.0. The van der Waals surface area contributed by atoms with E-state index in [0.29, 0.717) is 12.4 Å². The zero-order chi connectivity index (χ0) is 25.3. The molecule has 0 amide bonds. The molecule has 7 nitrogen and oxygen atoms in total. The quantitative estimate of drug-likeness (QED) is 0.177. The number of anilines is 2. The Balaban J connectivity index is 1.63. The van der Waals surface area contributed by atoms with Crippen LogP contribution >= 0.6 is 23.9 Å². The number of benzene rings is 3. The van der Waals surface area contributed by atoms with Crippen molar-refractivity contribution in [1.82, 2.24) is 4.98 Å². The van der Waals surface area contributed by atoms with Crippen molar-refractivity contribution in [2.45, 2.75) is 16.7 Å². The number of nitrogens with zero attached hydrogens (tertiary/aromatic N) is 2. The first-order chi connectivity index (χ1) is 17.6. The molecule has 0 aliphatic rings. The maximum Gasteiger partial charge on any atom is 0.326 e. The van der Waals surface area contributed by atoms with Crippen LogP contribution in [0.5, 0.6) is 11.5 Å². The molecule has 1 heterocycles. The van der Waals surface area contributed by atoms with Gasteiger partial charge in [-0.05, 0) is 79.4 Å². The molecule has 4 aromatic rings. The molecule has 0 saturated heterocycles. The summed E-state index contributed by atoms with van der Waals surface area (Å²) in [6.07, 6.45) is 1.79. The van der Waals surface area contributed by atoms with Crippen molar-refractivity contribution >= 4 is 52.1 Å². The van der Waals surface area contributed by atoms with Crippen molar-refractivity contribution in [3.05, 3.63) is 79.0 Å². The molecule has 186 valence electrons. The molecule has 0 saturated carbocycles. The first-order valence-corrected chi connectivity index (χ1v) is 12.9. The Bertz CT molecular complexity index is 1300. The minimum absolute atomic E-state index is 0.0505. The molecule has 0 aliphatic carbocycles. The van der Waals surface area contributed by atoms with Gasteiger partial charge in [0, 0.05) is 20.6 Å². The number of fused-ring (bicyclic) bond motifs is 1. The largest absolute Gasteiger partial charge is 0.497 e. The van der Waals surface area contributed by atoms with Crippen LogP contribution in [-0.2, 0) is 9.53 Å². The Morgan fingerprint density at radius 2 is 1.50 bits per heavy atom. The van der Waals surface area contributed by atoms with E-state index in [1.165, 1.54) is 23.9 Å². The molecule has 9 heteroatoms. The maximum atomic E-state index is 12.5. The second-order valence-corrected chi connectivity index (χ2v) is 9.50. The van der Waals surface area contributed by atoms with E-state index in [-0.39, 0.29) is 12.5 Å². The second-order valence-electron chi connectivity index (χ2n) is 7.53. The summed E-state index contributed by atoms with van der Waals surface area (Å²) in [5.74, 6) is 1.94. The standard InChI is InChI=1S/C27H27N3O4S2/c1-4-34-26(31)18-30(36-22-15-11-20(33-3)12-16-22)27-24-8-6-5-7-23(24)25(17-28-27)29-35-21-13-9-19(32-2)10-14-21/h5-17,29H,4,18H2,1-3H3. The number of nitrogens with one attached hydrogen (secondary N) is 1. The van der Waals surface area contributed by atoms with Crippen molar-refractivity contribution in [2.24, 2.45) is 0 Å². The van der Waals surface area contributed by atoms with Gasteiger partial charge in [0.15, 0.2) is 0 Å². The highest BCUT2D eigenvalue weighted by atomic mass is 32.2. The zero-order valence-corrected chi connectivity index (χ0v) is 21.9. The van der Waals surface area contributed by atoms with Crippen LogP contribution in [0.15, 0.2) is 88.8 Å². The van der Waals surface area contributed by atoms with E-state index in [2.05, 4.69) is 4.72 Å². The molecule has 1 N–H and O–H groups in total. The lowest BCUT2D eigenvalue weighted by molar-refractivity contribution is -0.141. The van der Waals surface area contributed by atoms with Crippen molar-refractivity contribution in [3.63, 3.8) is 0 Å². The number of ether oxygens (including phenoxy) is 3. The predicted octanol–water partition coefficient (Wildman–Crippen LogP) is 6.45. The number of hydrogen-bond acceptors (Lipinski definition) is 9. The summed E-state index contributed by atoms with van der Waals surface area (Å²) in [5, 5.41) is 1.91. The zero-order valence-electron chi connectivity index (χ0n) is 20.3. The lowest BCUT2D eigenvalue weighted by atomic mass is 10.1. The number of aromatic nitrogens is 1. The SMILES string of the molecule is CCOC(=O)CN(Sc1ccc(OC)cc1)c1ncc(NSc2ccc(OC)cc2)c2ccccc12. The predicted molar refractivity (Wildman–Crippen MR) is 147 cm³/mol. The summed E-state index contributed by atoms with van der Waals surface area (Å²) >= 11 is 2.92. The average molecular weight is 522 g/mol. The van der Waals surface area contributed by atoms with Crippen LogP contribution in [0.2, 0.25) is 0 Å². The van der Waals surface area contributed by atoms with Crippen molar-refractivity contribution in [2.75, 3.05) is 36.4 Å². The Hall–Kier alpha value is -3.56. The molecule has 0 radical (unpaired) electrons. The van der Waals surface area contributed by atoms with Gasteiger partial charge in [-0.2, -0.15) is 0 Å². The van der Waals surface area contributed by atoms with Crippen molar-refractivity contribution in [3.8, 4) is 11.5 Å². The minimum Gasteiger partial charge on any atom is -0.497 e. The highest BCUT2D eigenvalue weighted by molar-refractivity contribution is 8.01. The molecule has 4 rings (SSSR count). The Morgan fingerprint density at radius 3 is 2.11 bits per heavy atom. The third-order valence-electron chi connectivity index (χ3n) is 5.20. The fourth-order valence-electron chi connectivity index (χ4n) is 3.45. The first-order valence-electron chi connectivity index (χ1n) is 11.3. The lowest BCUT2D eigenvalue weighted by Crippen LogP contribution is -2.26. The number of esters is 1. The first kappa shape index (κ1) is 25.5. The van der Waals surface area contributed by atoms with Crippen LogP contribution in [0.1, 0.15) is 6.92 Å². The van der Waals surface area contributed by atoms with E-state index in [9.17, 15) is 4.79 Å². The highest BCUT2D eigenvalue weighted by Gasteiger charge is 2.19. The summed E-state index contributed by atoms with van der Waals surface area (Å²) in [4.78, 5) is 19.2. The molecule has 0 unspecified atom stereocenters. The van der Waals surface area contributed by atoms with Crippen LogP contribution in [0.4, 0.5) is 11.5 Å². The minimum atomic E-state index is -0.318. The molecule has 36 heavy (non-hydrogen) atoms. The van der Waals surface area contributed by atoms with Crippen molar-refractivity contribution in [1.29, 1.82) is 0 Å². The molecule has 0 fully saturated rings. The number of carbonyl (C=O) groups is 1. The van der Waals surface area contributed by atoms with Gasteiger partial charge in [-0.1, -0.05) is 24.3 Å². The van der Waals surface area contributed by atoms with Gasteiger partial charge in [0.05, 0.1) is 32.7 Å². The fourth-order valence-corrected chi connectivity index (χ4v) is 5.03. The average Bonchev–Trinajstić information content (AvgIpc) is 2.92. The summed E-state index contributed by atoms with van der Waals surface area (Å²) in [7, 11) is 3.28. The molecular weight excluding hydrogens is 494 g/mol. The van der Waals surface area contributed by atoms with E-state index in [1.807, 2.05) is 77.1 Å². The van der Waals surface area contributed by atoms with Crippen LogP contribution in [0, 0.1) is 0 Å². The Kier molecular flexibility index (Phi) is 8.80. The molecule has 0 spiro atoms. The monoisotopic (exact) mass is 521 g/mol. The van der Waals surface area contributed by atoms with Gasteiger partial charge < -0.3 is 18.9 Å². The molecule has 0 atom stereocenters. The fraction of sp³-hybridized carbons (Fsp3) is 0.185. The lowest BCUT2D eigenvalue weighted by Gasteiger charge is -2.23. The third kappa shape index (κ3) is 6.35. The number of rotatable bonds is 11. The van der Waals surface area contributed by atoms with E-state index in [0.717, 1.165) is 37.7 Å². The van der Waals surface area contributed by atoms with Gasteiger partial charge in [-0.25, -0.2) is 4.98 Å². The second kappa shape index (κ2) is 12.4. The summed E-state index contributed by atoms with van der Waals surface area (Å²) in [5.41, 5.74) is 0.876. The van der Waals surface area contributed by atoms with Gasteiger partial charge in [0.2, 0.25) is 0 Å². The molecule has 1 aromatic heterocycles. The van der Waals surface area contributed by atoms with E-state index in [4.69, 9.17) is 19.2 Å². The molecule has 0 aliphatic heterocycles. The smallest absolute Gasteiger partial charge is 0.326 e. The van der Waals surface area contributed by atoms with Crippen LogP contribution in [0.3, 0.4) is 0 Å². The number of methoxy groups -OCH3 is 2. The number of pyridine rings is 1. The van der Waals surface area contributed by atoms with Crippen LogP contribution in [-0.4, -0.2) is 38.3 Å². The molecule has 0 bridgehead atoms. The van der Waals surface area contributed by atoms with Crippen molar-refractivity contribution < 1.29 is 19.0 Å². The van der Waals surface area contributed by atoms with Gasteiger partial charge in [-0.3, -0.25) is 9.10 Å². The molecule has 3 aromatic carbocycles. The van der Waals surface area contributed by atoms with Gasteiger partial charge in [-0.15, -0.1) is 0 Å². The van der Waals surface area contributed by atoms with E-state index in [1.54, 1.807) is 27.3 Å². The van der Waals surface area contributed by atoms with Gasteiger partial charge >= 0.3 is 5.97 Å². The van der Waals surface area contributed by atoms with Gasteiger partial charge in [0.25, 0.3) is 0 Å². The normalized spacial score (nSPS) is 10.6. The summed E-state index contributed by atoms with van der Waals surface area (Å²) in [6, 6.07) is 23.5. The highest BCUT2D eigenvalue weighted by Crippen LogP contribution is 2.37. The Morgan fingerprint density at radius 1 is 0.889 bits per heavy atom. The maximum absolute atomic E-state index is 12.5. The molecular formula is C27H27N3O4S2. The number of hydrogen-bond donors (Lipinski definition) is 1. The van der Waals surface area contributed by atoms with E-state index >= 15 is 0 Å².